The highest BCUT2D eigenvalue weighted by molar-refractivity contribution is 5.76. The van der Waals surface area contributed by atoms with Crippen molar-refractivity contribution in [3.05, 3.63) is 29.8 Å². The summed E-state index contributed by atoms with van der Waals surface area (Å²) in [5.41, 5.74) is 6.61. The van der Waals surface area contributed by atoms with Crippen molar-refractivity contribution in [2.45, 2.75) is 38.3 Å². The number of nitrogens with two attached hydrogens (primary N) is 1. The molecule has 0 aromatic heterocycles. The Kier molecular flexibility index (Phi) is 6.68. The van der Waals surface area contributed by atoms with Crippen LogP contribution >= 0.6 is 0 Å². The first kappa shape index (κ1) is 16.8. The standard InChI is InChI=1S/C17H27N3O2/c1-22-16-8-3-2-6-14(16)13-20-11-5-4-7-15(20)12-19-17(21)9-10-18/h2-3,6,8,15H,4-5,7,9-13,18H2,1H3,(H,19,21). The topological polar surface area (TPSA) is 67.6 Å². The molecule has 3 N–H and O–H groups in total. The lowest BCUT2D eigenvalue weighted by Crippen LogP contribution is -2.46. The van der Waals surface area contributed by atoms with Crippen molar-refractivity contribution in [2.75, 3.05) is 26.7 Å². The number of rotatable bonds is 7. The van der Waals surface area contributed by atoms with Crippen LogP contribution in [0.5, 0.6) is 5.75 Å². The third-order valence-corrected chi connectivity index (χ3v) is 4.22. The predicted molar refractivity (Wildman–Crippen MR) is 87.7 cm³/mol. The highest BCUT2D eigenvalue weighted by atomic mass is 16.5. The summed E-state index contributed by atoms with van der Waals surface area (Å²) < 4.78 is 5.44. The number of hydrogen-bond donors (Lipinski definition) is 2. The van der Waals surface area contributed by atoms with Gasteiger partial charge < -0.3 is 15.8 Å². The van der Waals surface area contributed by atoms with Crippen LogP contribution in [-0.2, 0) is 11.3 Å². The number of carbonyl (C=O) groups is 1. The molecule has 1 fully saturated rings. The molecular weight excluding hydrogens is 278 g/mol. The minimum absolute atomic E-state index is 0.0466. The van der Waals surface area contributed by atoms with E-state index in [4.69, 9.17) is 10.5 Å². The Morgan fingerprint density at radius 1 is 1.41 bits per heavy atom. The van der Waals surface area contributed by atoms with E-state index in [0.717, 1.165) is 25.3 Å². The number of piperidine rings is 1. The number of benzene rings is 1. The first-order chi connectivity index (χ1) is 10.7. The summed E-state index contributed by atoms with van der Waals surface area (Å²) in [7, 11) is 1.71. The lowest BCUT2D eigenvalue weighted by Gasteiger charge is -2.36. The summed E-state index contributed by atoms with van der Waals surface area (Å²) in [6, 6.07) is 8.53. The zero-order valence-corrected chi connectivity index (χ0v) is 13.4. The number of methoxy groups -OCH3 is 1. The molecule has 122 valence electrons. The number of amides is 1. The fourth-order valence-corrected chi connectivity index (χ4v) is 3.00. The molecule has 1 aromatic rings. The van der Waals surface area contributed by atoms with E-state index < -0.39 is 0 Å². The largest absolute Gasteiger partial charge is 0.496 e. The fourth-order valence-electron chi connectivity index (χ4n) is 3.00. The molecule has 1 heterocycles. The van der Waals surface area contributed by atoms with Crippen LogP contribution in [0, 0.1) is 0 Å². The second kappa shape index (κ2) is 8.76. The van der Waals surface area contributed by atoms with Crippen LogP contribution in [0.2, 0.25) is 0 Å². The Balaban J connectivity index is 1.96. The van der Waals surface area contributed by atoms with Crippen molar-refractivity contribution >= 4 is 5.91 Å². The van der Waals surface area contributed by atoms with Crippen molar-refractivity contribution < 1.29 is 9.53 Å². The van der Waals surface area contributed by atoms with Crippen molar-refractivity contribution in [1.82, 2.24) is 10.2 Å². The molecule has 1 atom stereocenters. The minimum atomic E-state index is 0.0466. The quantitative estimate of drug-likeness (QED) is 0.801. The SMILES string of the molecule is COc1ccccc1CN1CCCCC1CNC(=O)CCN. The predicted octanol–water partition coefficient (Wildman–Crippen LogP) is 1.51. The Morgan fingerprint density at radius 2 is 2.23 bits per heavy atom. The smallest absolute Gasteiger partial charge is 0.221 e. The second-order valence-corrected chi connectivity index (χ2v) is 5.77. The molecular formula is C17H27N3O2. The van der Waals surface area contributed by atoms with E-state index in [1.54, 1.807) is 7.11 Å². The number of hydrogen-bond acceptors (Lipinski definition) is 4. The van der Waals surface area contributed by atoms with Crippen LogP contribution in [0.3, 0.4) is 0 Å². The molecule has 0 bridgehead atoms. The van der Waals surface area contributed by atoms with Gasteiger partial charge in [0, 0.05) is 37.7 Å². The molecule has 1 saturated heterocycles. The van der Waals surface area contributed by atoms with Gasteiger partial charge in [0.2, 0.25) is 5.91 Å². The molecule has 0 saturated carbocycles. The molecule has 1 amide bonds. The van der Waals surface area contributed by atoms with Gasteiger partial charge in [0.05, 0.1) is 7.11 Å². The molecule has 1 aliphatic heterocycles. The van der Waals surface area contributed by atoms with Gasteiger partial charge in [0.15, 0.2) is 0 Å². The third-order valence-electron chi connectivity index (χ3n) is 4.22. The minimum Gasteiger partial charge on any atom is -0.496 e. The molecule has 0 spiro atoms. The lowest BCUT2D eigenvalue weighted by atomic mass is 10.0. The van der Waals surface area contributed by atoms with E-state index >= 15 is 0 Å². The summed E-state index contributed by atoms with van der Waals surface area (Å²) in [6.07, 6.45) is 3.96. The average molecular weight is 305 g/mol. The van der Waals surface area contributed by atoms with Crippen molar-refractivity contribution in [3.63, 3.8) is 0 Å². The Hall–Kier alpha value is -1.59. The van der Waals surface area contributed by atoms with Crippen molar-refractivity contribution in [1.29, 1.82) is 0 Å². The summed E-state index contributed by atoms with van der Waals surface area (Å²) in [6.45, 7) is 3.03. The maximum absolute atomic E-state index is 11.6. The van der Waals surface area contributed by atoms with Crippen LogP contribution in [0.15, 0.2) is 24.3 Å². The molecule has 0 radical (unpaired) electrons. The van der Waals surface area contributed by atoms with Gasteiger partial charge in [-0.1, -0.05) is 24.6 Å². The zero-order valence-electron chi connectivity index (χ0n) is 13.4. The van der Waals surface area contributed by atoms with Gasteiger partial charge in [0.1, 0.15) is 5.75 Å². The molecule has 5 heteroatoms. The van der Waals surface area contributed by atoms with E-state index in [2.05, 4.69) is 16.3 Å². The number of para-hydroxylation sites is 1. The highest BCUT2D eigenvalue weighted by Gasteiger charge is 2.23. The molecule has 22 heavy (non-hydrogen) atoms. The van der Waals surface area contributed by atoms with E-state index in [9.17, 15) is 4.79 Å². The Bertz CT molecular complexity index is 479. The van der Waals surface area contributed by atoms with Crippen LogP contribution in [0.4, 0.5) is 0 Å². The van der Waals surface area contributed by atoms with Gasteiger partial charge >= 0.3 is 0 Å². The van der Waals surface area contributed by atoms with E-state index in [1.807, 2.05) is 18.2 Å². The molecule has 1 unspecified atom stereocenters. The first-order valence-corrected chi connectivity index (χ1v) is 8.07. The third kappa shape index (κ3) is 4.71. The highest BCUT2D eigenvalue weighted by Crippen LogP contribution is 2.24. The van der Waals surface area contributed by atoms with Crippen LogP contribution in [0.25, 0.3) is 0 Å². The van der Waals surface area contributed by atoms with E-state index in [-0.39, 0.29) is 5.91 Å². The molecule has 5 nitrogen and oxygen atoms in total. The Labute approximate surface area is 132 Å². The van der Waals surface area contributed by atoms with Gasteiger partial charge in [-0.15, -0.1) is 0 Å². The van der Waals surface area contributed by atoms with Crippen LogP contribution in [0.1, 0.15) is 31.2 Å². The normalized spacial score (nSPS) is 18.9. The second-order valence-electron chi connectivity index (χ2n) is 5.77. The van der Waals surface area contributed by atoms with Gasteiger partial charge in [-0.25, -0.2) is 0 Å². The van der Waals surface area contributed by atoms with E-state index in [0.29, 0.717) is 25.6 Å². The monoisotopic (exact) mass is 305 g/mol. The van der Waals surface area contributed by atoms with Crippen molar-refractivity contribution in [3.8, 4) is 5.75 Å². The van der Waals surface area contributed by atoms with Crippen molar-refractivity contribution in [2.24, 2.45) is 5.73 Å². The number of likely N-dealkylation sites (tertiary alicyclic amines) is 1. The summed E-state index contributed by atoms with van der Waals surface area (Å²) in [5.74, 6) is 0.976. The van der Waals surface area contributed by atoms with Crippen LogP contribution in [-0.4, -0.2) is 43.6 Å². The number of ether oxygens (including phenoxy) is 1. The van der Waals surface area contributed by atoms with Crippen LogP contribution < -0.4 is 15.8 Å². The maximum Gasteiger partial charge on any atom is 0.221 e. The zero-order chi connectivity index (χ0) is 15.8. The lowest BCUT2D eigenvalue weighted by molar-refractivity contribution is -0.121. The average Bonchev–Trinajstić information content (AvgIpc) is 2.55. The van der Waals surface area contributed by atoms with Gasteiger partial charge in [-0.2, -0.15) is 0 Å². The van der Waals surface area contributed by atoms with Gasteiger partial charge in [0.25, 0.3) is 0 Å². The van der Waals surface area contributed by atoms with Gasteiger partial charge in [-0.05, 0) is 25.5 Å². The summed E-state index contributed by atoms with van der Waals surface area (Å²) >= 11 is 0. The molecule has 1 aliphatic rings. The van der Waals surface area contributed by atoms with Gasteiger partial charge in [-0.3, -0.25) is 9.69 Å². The Morgan fingerprint density at radius 3 is 3.00 bits per heavy atom. The molecule has 1 aromatic carbocycles. The fraction of sp³-hybridized carbons (Fsp3) is 0.588. The summed E-state index contributed by atoms with van der Waals surface area (Å²) in [4.78, 5) is 14.1. The maximum atomic E-state index is 11.6. The first-order valence-electron chi connectivity index (χ1n) is 8.07. The number of carbonyl (C=O) groups excluding carboxylic acids is 1. The van der Waals surface area contributed by atoms with E-state index in [1.165, 1.54) is 18.4 Å². The number of nitrogens with one attached hydrogen (secondary N) is 1. The summed E-state index contributed by atoms with van der Waals surface area (Å²) in [5, 5.41) is 3.01. The molecule has 2 rings (SSSR count). The molecule has 0 aliphatic carbocycles. The number of nitrogens with zero attached hydrogens (tertiary/aromatic N) is 1.